The summed E-state index contributed by atoms with van der Waals surface area (Å²) in [5.74, 6) is -2.07. The van der Waals surface area contributed by atoms with Gasteiger partial charge in [0.1, 0.15) is 11.1 Å². The van der Waals surface area contributed by atoms with Crippen molar-refractivity contribution in [1.82, 2.24) is 0 Å². The van der Waals surface area contributed by atoms with Crippen molar-refractivity contribution in [3.63, 3.8) is 0 Å². The zero-order chi connectivity index (χ0) is 18.4. The maximum Gasteiger partial charge on any atom is 0.342 e. The molecule has 26 heavy (non-hydrogen) atoms. The quantitative estimate of drug-likeness (QED) is 0.666. The number of hydrogen-bond donors (Lipinski definition) is 0. The summed E-state index contributed by atoms with van der Waals surface area (Å²) in [6.45, 7) is 3.63. The Morgan fingerprint density at radius 3 is 2.35 bits per heavy atom. The molecule has 0 aromatic heterocycles. The van der Waals surface area contributed by atoms with Gasteiger partial charge in [0.05, 0.1) is 13.2 Å². The standard InChI is InChI=1S/C21H16O5/c1-3-25-20(23)17-14-10-12-7-5-6-11-8-9-13(15(11)12)16(14)18(19(17)22)21(24)26-4-2/h5-10H,3-4H2,1-2H3. The number of ketones is 1. The first-order valence-electron chi connectivity index (χ1n) is 8.49. The molecule has 2 aliphatic rings. The van der Waals surface area contributed by atoms with E-state index in [1.165, 1.54) is 0 Å². The van der Waals surface area contributed by atoms with Gasteiger partial charge in [0.15, 0.2) is 0 Å². The summed E-state index contributed by atoms with van der Waals surface area (Å²) in [7, 11) is 0. The highest BCUT2D eigenvalue weighted by Crippen LogP contribution is 2.29. The van der Waals surface area contributed by atoms with Crippen LogP contribution in [0.2, 0.25) is 0 Å². The maximum absolute atomic E-state index is 13.0. The number of rotatable bonds is 4. The van der Waals surface area contributed by atoms with Crippen LogP contribution in [0.25, 0.3) is 34.1 Å². The Labute approximate surface area is 149 Å². The number of fused-ring (bicyclic) bond motifs is 2. The Morgan fingerprint density at radius 2 is 1.65 bits per heavy atom. The van der Waals surface area contributed by atoms with Gasteiger partial charge < -0.3 is 9.47 Å². The van der Waals surface area contributed by atoms with Crippen LogP contribution >= 0.6 is 0 Å². The second kappa shape index (κ2) is 5.95. The average molecular weight is 348 g/mol. The summed E-state index contributed by atoms with van der Waals surface area (Å²) in [5.41, 5.74) is 1.58. The Kier molecular flexibility index (Phi) is 3.72. The molecule has 5 heteroatoms. The highest BCUT2D eigenvalue weighted by molar-refractivity contribution is 6.60. The zero-order valence-corrected chi connectivity index (χ0v) is 14.4. The van der Waals surface area contributed by atoms with E-state index in [-0.39, 0.29) is 24.4 Å². The van der Waals surface area contributed by atoms with Crippen LogP contribution in [-0.2, 0) is 23.9 Å². The summed E-state index contributed by atoms with van der Waals surface area (Å²) in [4.78, 5) is 37.9. The van der Waals surface area contributed by atoms with Crippen LogP contribution in [0, 0.1) is 0 Å². The number of hydrogen-bond acceptors (Lipinski definition) is 5. The molecule has 0 unspecified atom stereocenters. The predicted octanol–water partition coefficient (Wildman–Crippen LogP) is 1.33. The molecule has 0 bridgehead atoms. The lowest BCUT2D eigenvalue weighted by molar-refractivity contribution is -0.137. The molecule has 0 amide bonds. The summed E-state index contributed by atoms with van der Waals surface area (Å²) >= 11 is 0. The third-order valence-corrected chi connectivity index (χ3v) is 4.60. The first-order valence-corrected chi connectivity index (χ1v) is 8.49. The van der Waals surface area contributed by atoms with Gasteiger partial charge in [-0.3, -0.25) is 4.79 Å². The van der Waals surface area contributed by atoms with E-state index in [1.807, 2.05) is 30.4 Å². The number of carbonyl (C=O) groups excluding carboxylic acids is 3. The molecule has 2 aromatic rings. The molecule has 2 aliphatic carbocycles. The van der Waals surface area contributed by atoms with Gasteiger partial charge in [-0.2, -0.15) is 0 Å². The van der Waals surface area contributed by atoms with Crippen molar-refractivity contribution >= 4 is 51.8 Å². The lowest BCUT2D eigenvalue weighted by Crippen LogP contribution is -2.30. The number of esters is 2. The van der Waals surface area contributed by atoms with Crippen molar-refractivity contribution in [1.29, 1.82) is 0 Å². The number of benzene rings is 2. The van der Waals surface area contributed by atoms with Crippen molar-refractivity contribution in [2.24, 2.45) is 0 Å². The fraction of sp³-hybridized carbons (Fsp3) is 0.190. The molecule has 0 fully saturated rings. The minimum absolute atomic E-state index is 0.0943. The Balaban J connectivity index is 2.18. The van der Waals surface area contributed by atoms with E-state index < -0.39 is 17.7 Å². The monoisotopic (exact) mass is 348 g/mol. The molecule has 0 saturated carbocycles. The molecule has 0 spiro atoms. The number of carbonyl (C=O) groups is 3. The highest BCUT2D eigenvalue weighted by Gasteiger charge is 2.36. The highest BCUT2D eigenvalue weighted by atomic mass is 16.5. The SMILES string of the molecule is CCOC(=O)C1=c2cc3cccc4c3c(c2=C(C(=O)OCC)C1=O)C=C4. The van der Waals surface area contributed by atoms with E-state index >= 15 is 0 Å². The second-order valence-electron chi connectivity index (χ2n) is 6.01. The van der Waals surface area contributed by atoms with Gasteiger partial charge in [-0.05, 0) is 41.8 Å². The van der Waals surface area contributed by atoms with Crippen LogP contribution in [0.5, 0.6) is 0 Å². The van der Waals surface area contributed by atoms with E-state index in [2.05, 4.69) is 0 Å². The predicted molar refractivity (Wildman–Crippen MR) is 97.2 cm³/mol. The van der Waals surface area contributed by atoms with E-state index in [1.54, 1.807) is 19.9 Å². The Bertz CT molecular complexity index is 1150. The van der Waals surface area contributed by atoms with Crippen molar-refractivity contribution < 1.29 is 23.9 Å². The minimum Gasteiger partial charge on any atom is -0.462 e. The molecule has 0 radical (unpaired) electrons. The van der Waals surface area contributed by atoms with E-state index in [0.717, 1.165) is 21.9 Å². The Morgan fingerprint density at radius 1 is 0.962 bits per heavy atom. The third-order valence-electron chi connectivity index (χ3n) is 4.60. The zero-order valence-electron chi connectivity index (χ0n) is 14.4. The summed E-state index contributed by atoms with van der Waals surface area (Å²) in [6, 6.07) is 7.59. The van der Waals surface area contributed by atoms with Gasteiger partial charge in [0.25, 0.3) is 0 Å². The molecule has 0 atom stereocenters. The summed E-state index contributed by atoms with van der Waals surface area (Å²) < 4.78 is 10.1. The number of Topliss-reactive ketones (excluding diaryl/α,β-unsaturated/α-hetero) is 1. The molecule has 0 N–H and O–H groups in total. The molecule has 5 nitrogen and oxygen atoms in total. The molecule has 0 heterocycles. The van der Waals surface area contributed by atoms with Gasteiger partial charge in [-0.25, -0.2) is 9.59 Å². The van der Waals surface area contributed by atoms with E-state index in [9.17, 15) is 14.4 Å². The van der Waals surface area contributed by atoms with Crippen LogP contribution in [0.1, 0.15) is 25.0 Å². The molecular formula is C21H16O5. The van der Waals surface area contributed by atoms with Gasteiger partial charge in [0, 0.05) is 10.4 Å². The first kappa shape index (κ1) is 16.3. The van der Waals surface area contributed by atoms with Crippen LogP contribution in [0.3, 0.4) is 0 Å². The lowest BCUT2D eigenvalue weighted by Gasteiger charge is -2.05. The summed E-state index contributed by atoms with van der Waals surface area (Å²) in [6.07, 6.45) is 3.81. The summed E-state index contributed by atoms with van der Waals surface area (Å²) in [5, 5.41) is 2.76. The van der Waals surface area contributed by atoms with Gasteiger partial charge >= 0.3 is 11.9 Å². The van der Waals surface area contributed by atoms with Gasteiger partial charge in [-0.15, -0.1) is 0 Å². The van der Waals surface area contributed by atoms with Gasteiger partial charge in [0.2, 0.25) is 5.78 Å². The van der Waals surface area contributed by atoms with Crippen LogP contribution in [-0.4, -0.2) is 30.9 Å². The largest absolute Gasteiger partial charge is 0.462 e. The fourth-order valence-corrected chi connectivity index (χ4v) is 3.63. The molecule has 130 valence electrons. The maximum atomic E-state index is 13.0. The molecular weight excluding hydrogens is 332 g/mol. The molecule has 0 saturated heterocycles. The minimum atomic E-state index is -0.720. The third kappa shape index (κ3) is 2.13. The molecule has 4 rings (SSSR count). The topological polar surface area (TPSA) is 69.7 Å². The first-order chi connectivity index (χ1) is 12.6. The molecule has 0 aliphatic heterocycles. The van der Waals surface area contributed by atoms with Crippen molar-refractivity contribution in [3.8, 4) is 0 Å². The van der Waals surface area contributed by atoms with Crippen molar-refractivity contribution in [3.05, 3.63) is 45.8 Å². The Hall–Kier alpha value is -3.21. The number of ether oxygens (including phenoxy) is 2. The van der Waals surface area contributed by atoms with Crippen molar-refractivity contribution in [2.45, 2.75) is 13.8 Å². The molecule has 2 aromatic carbocycles. The van der Waals surface area contributed by atoms with E-state index in [4.69, 9.17) is 9.47 Å². The van der Waals surface area contributed by atoms with Crippen molar-refractivity contribution in [2.75, 3.05) is 13.2 Å². The van der Waals surface area contributed by atoms with Gasteiger partial charge in [-0.1, -0.05) is 30.4 Å². The normalized spacial score (nSPS) is 14.2. The van der Waals surface area contributed by atoms with Crippen LogP contribution < -0.4 is 10.4 Å². The van der Waals surface area contributed by atoms with Crippen LogP contribution in [0.4, 0.5) is 0 Å². The fourth-order valence-electron chi connectivity index (χ4n) is 3.63. The van der Waals surface area contributed by atoms with E-state index in [0.29, 0.717) is 10.4 Å². The second-order valence-corrected chi connectivity index (χ2v) is 6.01. The lowest BCUT2D eigenvalue weighted by atomic mass is 10.00. The average Bonchev–Trinajstić information content (AvgIpc) is 3.15. The van der Waals surface area contributed by atoms with Crippen LogP contribution in [0.15, 0.2) is 24.3 Å². The smallest absolute Gasteiger partial charge is 0.342 e.